The van der Waals surface area contributed by atoms with Gasteiger partial charge in [0, 0.05) is 61.2 Å². The molecule has 0 unspecified atom stereocenters. The molecular formula is C25H26N8OS. The number of primary amides is 1. The molecule has 9 nitrogen and oxygen atoms in total. The van der Waals surface area contributed by atoms with Crippen LogP contribution in [0.25, 0.3) is 21.5 Å². The maximum absolute atomic E-state index is 11.5. The van der Waals surface area contributed by atoms with Gasteiger partial charge in [-0.1, -0.05) is 0 Å². The van der Waals surface area contributed by atoms with E-state index >= 15 is 0 Å². The fourth-order valence-electron chi connectivity index (χ4n) is 4.46. The Morgan fingerprint density at radius 1 is 1.23 bits per heavy atom. The minimum absolute atomic E-state index is 0.462. The quantitative estimate of drug-likeness (QED) is 0.411. The van der Waals surface area contributed by atoms with Gasteiger partial charge in [0.1, 0.15) is 9.88 Å². The van der Waals surface area contributed by atoms with Crippen LogP contribution in [0.15, 0.2) is 36.8 Å². The summed E-state index contributed by atoms with van der Waals surface area (Å²) in [7, 11) is 0. The minimum Gasteiger partial charge on any atom is -0.365 e. The van der Waals surface area contributed by atoms with Crippen molar-refractivity contribution < 1.29 is 4.79 Å². The Morgan fingerprint density at radius 2 is 2.00 bits per heavy atom. The monoisotopic (exact) mass is 486 g/mol. The third kappa shape index (κ3) is 4.87. The highest BCUT2D eigenvalue weighted by Crippen LogP contribution is 2.27. The number of thiazole rings is 1. The van der Waals surface area contributed by atoms with Gasteiger partial charge in [0.25, 0.3) is 5.91 Å². The number of fused-ring (bicyclic) bond motifs is 1. The van der Waals surface area contributed by atoms with Gasteiger partial charge < -0.3 is 15.6 Å². The maximum atomic E-state index is 11.5. The fourth-order valence-corrected chi connectivity index (χ4v) is 5.36. The van der Waals surface area contributed by atoms with Crippen LogP contribution in [-0.2, 0) is 6.42 Å². The largest absolute Gasteiger partial charge is 0.365 e. The summed E-state index contributed by atoms with van der Waals surface area (Å²) in [5.74, 6) is 0.250. The lowest BCUT2D eigenvalue weighted by Gasteiger charge is -2.34. The second-order valence-corrected chi connectivity index (χ2v) is 9.69. The van der Waals surface area contributed by atoms with E-state index in [0.29, 0.717) is 27.1 Å². The molecule has 0 radical (unpaired) electrons. The highest BCUT2D eigenvalue weighted by molar-refractivity contribution is 7.17. The molecule has 0 atom stereocenters. The van der Waals surface area contributed by atoms with Crippen molar-refractivity contribution >= 4 is 34.1 Å². The Labute approximate surface area is 207 Å². The summed E-state index contributed by atoms with van der Waals surface area (Å²) >= 11 is 1.27. The van der Waals surface area contributed by atoms with Crippen molar-refractivity contribution in [3.05, 3.63) is 58.5 Å². The average molecular weight is 487 g/mol. The number of amides is 1. The molecule has 10 heteroatoms. The fraction of sp³-hybridized carbons (Fsp3) is 0.320. The molecule has 1 aliphatic rings. The standard InChI is InChI=1S/C25H26N8OS/c1-16-22(23(27)34)35-24(31-16)19-14-29-25(30-15-19)33-9-7-32(8-10-33)6-2-3-18-13-28-21-5-4-17(12-26)11-20(18)21/h4-5,11,13-15,28H,2-3,6-10H2,1H3,(H2,27,34). The van der Waals surface area contributed by atoms with Gasteiger partial charge in [-0.15, -0.1) is 11.3 Å². The molecule has 0 spiro atoms. The van der Waals surface area contributed by atoms with Gasteiger partial charge in [-0.3, -0.25) is 9.69 Å². The van der Waals surface area contributed by atoms with Crippen LogP contribution in [0.1, 0.15) is 32.9 Å². The van der Waals surface area contributed by atoms with E-state index in [2.05, 4.69) is 42.0 Å². The Hall–Kier alpha value is -3.81. The SMILES string of the molecule is Cc1nc(-c2cnc(N3CCN(CCCc4c[nH]c5ccc(C#N)cc45)CC3)nc2)sc1C(N)=O. The molecule has 1 saturated heterocycles. The van der Waals surface area contributed by atoms with Crippen molar-refractivity contribution in [3.8, 4) is 16.6 Å². The van der Waals surface area contributed by atoms with Crippen LogP contribution >= 0.6 is 11.3 Å². The molecule has 3 N–H and O–H groups in total. The summed E-state index contributed by atoms with van der Waals surface area (Å²) in [6, 6.07) is 8.01. The number of benzene rings is 1. The Bertz CT molecular complexity index is 1390. The van der Waals surface area contributed by atoms with E-state index in [1.165, 1.54) is 16.9 Å². The molecule has 4 heterocycles. The van der Waals surface area contributed by atoms with E-state index in [1.807, 2.05) is 18.2 Å². The van der Waals surface area contributed by atoms with Crippen LogP contribution in [0.4, 0.5) is 5.95 Å². The number of nitrogens with two attached hydrogens (primary N) is 1. The number of hydrogen-bond acceptors (Lipinski definition) is 8. The summed E-state index contributed by atoms with van der Waals surface area (Å²) in [6.07, 6.45) is 7.63. The molecule has 1 amide bonds. The van der Waals surface area contributed by atoms with E-state index in [-0.39, 0.29) is 0 Å². The third-order valence-electron chi connectivity index (χ3n) is 6.38. The number of anilines is 1. The Kier molecular flexibility index (Phi) is 6.44. The first-order valence-corrected chi connectivity index (χ1v) is 12.4. The van der Waals surface area contributed by atoms with Crippen molar-refractivity contribution in [2.24, 2.45) is 5.73 Å². The number of H-pyrrole nitrogens is 1. The van der Waals surface area contributed by atoms with Crippen molar-refractivity contribution in [1.29, 1.82) is 5.26 Å². The summed E-state index contributed by atoms with van der Waals surface area (Å²) in [4.78, 5) is 33.5. The summed E-state index contributed by atoms with van der Waals surface area (Å²) < 4.78 is 0. The number of aromatic nitrogens is 4. The summed E-state index contributed by atoms with van der Waals surface area (Å²) in [5.41, 5.74) is 9.87. The van der Waals surface area contributed by atoms with Crippen LogP contribution in [0.5, 0.6) is 0 Å². The number of aromatic amines is 1. The number of carbonyl (C=O) groups excluding carboxylic acids is 1. The van der Waals surface area contributed by atoms with Crippen molar-refractivity contribution in [2.45, 2.75) is 19.8 Å². The van der Waals surface area contributed by atoms with Crippen LogP contribution in [0.3, 0.4) is 0 Å². The molecule has 0 bridgehead atoms. The second-order valence-electron chi connectivity index (χ2n) is 8.69. The normalized spacial score (nSPS) is 14.3. The molecule has 0 aliphatic carbocycles. The first kappa shape index (κ1) is 23.0. The molecule has 35 heavy (non-hydrogen) atoms. The number of piperazine rings is 1. The van der Waals surface area contributed by atoms with Crippen molar-refractivity contribution in [3.63, 3.8) is 0 Å². The zero-order valence-electron chi connectivity index (χ0n) is 19.5. The van der Waals surface area contributed by atoms with Crippen LogP contribution < -0.4 is 10.6 Å². The molecule has 3 aromatic heterocycles. The van der Waals surface area contributed by atoms with Gasteiger partial charge >= 0.3 is 0 Å². The van der Waals surface area contributed by atoms with E-state index in [1.54, 1.807) is 19.3 Å². The van der Waals surface area contributed by atoms with E-state index < -0.39 is 5.91 Å². The zero-order valence-corrected chi connectivity index (χ0v) is 20.3. The number of nitrogens with zero attached hydrogens (tertiary/aromatic N) is 6. The molecular weight excluding hydrogens is 460 g/mol. The number of rotatable bonds is 7. The topological polar surface area (TPSA) is 128 Å². The van der Waals surface area contributed by atoms with Gasteiger partial charge in [0.15, 0.2) is 0 Å². The van der Waals surface area contributed by atoms with Crippen molar-refractivity contribution in [1.82, 2.24) is 24.8 Å². The predicted octanol–water partition coefficient (Wildman–Crippen LogP) is 3.12. The van der Waals surface area contributed by atoms with Crippen LogP contribution in [-0.4, -0.2) is 63.5 Å². The molecule has 1 aromatic carbocycles. The second kappa shape index (κ2) is 9.82. The summed E-state index contributed by atoms with van der Waals surface area (Å²) in [5, 5.41) is 11.0. The number of nitrogens with one attached hydrogen (secondary N) is 1. The van der Waals surface area contributed by atoms with Gasteiger partial charge in [-0.2, -0.15) is 5.26 Å². The first-order chi connectivity index (χ1) is 17.0. The van der Waals surface area contributed by atoms with Gasteiger partial charge in [-0.25, -0.2) is 15.0 Å². The average Bonchev–Trinajstić information content (AvgIpc) is 3.47. The smallest absolute Gasteiger partial charge is 0.260 e. The molecule has 5 rings (SSSR count). The number of aryl methyl sites for hydroxylation is 2. The molecule has 178 valence electrons. The van der Waals surface area contributed by atoms with Crippen LogP contribution in [0, 0.1) is 18.3 Å². The maximum Gasteiger partial charge on any atom is 0.260 e. The summed E-state index contributed by atoms with van der Waals surface area (Å²) in [6.45, 7) is 6.49. The Balaban J connectivity index is 1.13. The van der Waals surface area contributed by atoms with E-state index in [4.69, 9.17) is 5.73 Å². The highest BCUT2D eigenvalue weighted by atomic mass is 32.1. The zero-order chi connectivity index (χ0) is 24.4. The predicted molar refractivity (Wildman–Crippen MR) is 136 cm³/mol. The Morgan fingerprint density at radius 3 is 2.69 bits per heavy atom. The van der Waals surface area contributed by atoms with Gasteiger partial charge in [0.05, 0.1) is 17.3 Å². The lowest BCUT2D eigenvalue weighted by Crippen LogP contribution is -2.47. The van der Waals surface area contributed by atoms with Crippen LogP contribution in [0.2, 0.25) is 0 Å². The van der Waals surface area contributed by atoms with E-state index in [9.17, 15) is 10.1 Å². The molecule has 0 saturated carbocycles. The highest BCUT2D eigenvalue weighted by Gasteiger charge is 2.20. The van der Waals surface area contributed by atoms with Gasteiger partial charge in [-0.05, 0) is 50.1 Å². The number of hydrogen-bond donors (Lipinski definition) is 2. The minimum atomic E-state index is -0.462. The lowest BCUT2D eigenvalue weighted by atomic mass is 10.1. The molecule has 1 aliphatic heterocycles. The van der Waals surface area contributed by atoms with E-state index in [0.717, 1.165) is 62.0 Å². The molecule has 1 fully saturated rings. The van der Waals surface area contributed by atoms with Crippen molar-refractivity contribution in [2.75, 3.05) is 37.6 Å². The van der Waals surface area contributed by atoms with Gasteiger partial charge in [0.2, 0.25) is 5.95 Å². The number of nitriles is 1. The number of carbonyl (C=O) groups is 1. The third-order valence-corrected chi connectivity index (χ3v) is 7.60. The molecule has 4 aromatic rings. The lowest BCUT2D eigenvalue weighted by molar-refractivity contribution is 0.100. The first-order valence-electron chi connectivity index (χ1n) is 11.6.